The van der Waals surface area contributed by atoms with Crippen LogP contribution >= 0.6 is 11.8 Å². The molecule has 5 heteroatoms. The number of sulfone groups is 1. The normalized spacial score (nSPS) is 18.6. The van der Waals surface area contributed by atoms with Gasteiger partial charge in [-0.1, -0.05) is 18.2 Å². The summed E-state index contributed by atoms with van der Waals surface area (Å²) in [4.78, 5) is 13.3. The Kier molecular flexibility index (Phi) is 4.12. The third-order valence-corrected chi connectivity index (χ3v) is 5.24. The van der Waals surface area contributed by atoms with Crippen LogP contribution in [0.15, 0.2) is 29.2 Å². The molecule has 1 aromatic carbocycles. The molecule has 2 rings (SSSR count). The van der Waals surface area contributed by atoms with Crippen molar-refractivity contribution < 1.29 is 13.2 Å². The van der Waals surface area contributed by atoms with E-state index in [0.717, 1.165) is 11.3 Å². The zero-order valence-electron chi connectivity index (χ0n) is 10.3. The summed E-state index contributed by atoms with van der Waals surface area (Å²) >= 11 is 1.70. The summed E-state index contributed by atoms with van der Waals surface area (Å²) in [5.74, 6) is 0.999. The highest BCUT2D eigenvalue weighted by molar-refractivity contribution is 7.99. The first-order valence-electron chi connectivity index (χ1n) is 5.89. The van der Waals surface area contributed by atoms with Crippen molar-refractivity contribution >= 4 is 27.4 Å². The maximum Gasteiger partial charge on any atom is 0.147 e. The number of rotatable bonds is 5. The fourth-order valence-corrected chi connectivity index (χ4v) is 4.04. The number of hydrogen-bond acceptors (Lipinski definition) is 4. The van der Waals surface area contributed by atoms with Crippen LogP contribution in [0.3, 0.4) is 0 Å². The molecule has 1 atom stereocenters. The largest absolute Gasteiger partial charge is 0.299 e. The van der Waals surface area contributed by atoms with Crippen molar-refractivity contribution in [3.8, 4) is 0 Å². The van der Waals surface area contributed by atoms with Crippen molar-refractivity contribution in [2.24, 2.45) is 0 Å². The van der Waals surface area contributed by atoms with Gasteiger partial charge >= 0.3 is 0 Å². The Morgan fingerprint density at radius 1 is 1.39 bits per heavy atom. The Morgan fingerprint density at radius 2 is 2.11 bits per heavy atom. The van der Waals surface area contributed by atoms with Crippen LogP contribution in [0.4, 0.5) is 0 Å². The monoisotopic (exact) mass is 284 g/mol. The van der Waals surface area contributed by atoms with Gasteiger partial charge in [-0.2, -0.15) is 0 Å². The molecule has 0 saturated carbocycles. The minimum atomic E-state index is -2.96. The van der Waals surface area contributed by atoms with Crippen LogP contribution in [-0.4, -0.2) is 32.0 Å². The molecule has 0 saturated heterocycles. The summed E-state index contributed by atoms with van der Waals surface area (Å²) in [5, 5.41) is 0. The van der Waals surface area contributed by atoms with Crippen molar-refractivity contribution in [2.45, 2.75) is 23.7 Å². The van der Waals surface area contributed by atoms with E-state index in [1.54, 1.807) is 11.8 Å². The third kappa shape index (κ3) is 3.36. The lowest BCUT2D eigenvalue weighted by Gasteiger charge is -2.09. The zero-order chi connectivity index (χ0) is 13.2. The molecular weight excluding hydrogens is 268 g/mol. The molecule has 0 N–H and O–H groups in total. The molecule has 1 aliphatic rings. The molecule has 18 heavy (non-hydrogen) atoms. The highest BCUT2D eigenvalue weighted by Crippen LogP contribution is 2.40. The first-order valence-corrected chi connectivity index (χ1v) is 8.94. The highest BCUT2D eigenvalue weighted by atomic mass is 32.2. The zero-order valence-corrected chi connectivity index (χ0v) is 11.9. The Labute approximate surface area is 112 Å². The highest BCUT2D eigenvalue weighted by Gasteiger charge is 2.28. The quantitative estimate of drug-likeness (QED) is 0.832. The van der Waals surface area contributed by atoms with Crippen LogP contribution in [0.2, 0.25) is 0 Å². The summed E-state index contributed by atoms with van der Waals surface area (Å²) in [6, 6.07) is 7.95. The standard InChI is InChI=1S/C13H16O3S2/c1-18(15,16)8-4-6-12(14)11-9-17-13-7-3-2-5-10(11)13/h2-3,5,7,11H,4,6,8-9H2,1H3. The smallest absolute Gasteiger partial charge is 0.147 e. The molecule has 0 fully saturated rings. The first kappa shape index (κ1) is 13.6. The number of Topliss-reactive ketones (excluding diaryl/α,β-unsaturated/α-hetero) is 1. The van der Waals surface area contributed by atoms with Crippen LogP contribution in [0.25, 0.3) is 0 Å². The fourth-order valence-electron chi connectivity index (χ4n) is 2.11. The van der Waals surface area contributed by atoms with Gasteiger partial charge in [0.2, 0.25) is 0 Å². The summed E-state index contributed by atoms with van der Waals surface area (Å²) in [7, 11) is -2.96. The van der Waals surface area contributed by atoms with Crippen LogP contribution < -0.4 is 0 Å². The van der Waals surface area contributed by atoms with Gasteiger partial charge in [0.15, 0.2) is 0 Å². The minimum Gasteiger partial charge on any atom is -0.299 e. The van der Waals surface area contributed by atoms with Crippen LogP contribution in [-0.2, 0) is 14.6 Å². The maximum absolute atomic E-state index is 12.1. The third-order valence-electron chi connectivity index (χ3n) is 3.03. The Bertz CT molecular complexity index is 549. The molecule has 0 spiro atoms. The summed E-state index contributed by atoms with van der Waals surface area (Å²) in [6.07, 6.45) is 1.99. The number of hydrogen-bond donors (Lipinski definition) is 0. The van der Waals surface area contributed by atoms with E-state index in [1.165, 1.54) is 11.2 Å². The topological polar surface area (TPSA) is 51.2 Å². The van der Waals surface area contributed by atoms with Gasteiger partial charge in [-0.3, -0.25) is 4.79 Å². The molecule has 0 aromatic heterocycles. The second-order valence-corrected chi connectivity index (χ2v) is 7.92. The Morgan fingerprint density at radius 3 is 2.83 bits per heavy atom. The second kappa shape index (κ2) is 5.45. The number of carbonyl (C=O) groups excluding carboxylic acids is 1. The molecule has 0 amide bonds. The first-order chi connectivity index (χ1) is 8.47. The number of fused-ring (bicyclic) bond motifs is 1. The molecule has 1 aliphatic heterocycles. The Hall–Kier alpha value is -0.810. The average Bonchev–Trinajstić information content (AvgIpc) is 2.70. The van der Waals surface area contributed by atoms with Gasteiger partial charge in [0.1, 0.15) is 15.6 Å². The van der Waals surface area contributed by atoms with Crippen molar-refractivity contribution in [3.05, 3.63) is 29.8 Å². The van der Waals surface area contributed by atoms with Gasteiger partial charge in [0.25, 0.3) is 0 Å². The van der Waals surface area contributed by atoms with Crippen LogP contribution in [0, 0.1) is 0 Å². The van der Waals surface area contributed by atoms with Gasteiger partial charge in [0, 0.05) is 23.3 Å². The minimum absolute atomic E-state index is 0.0502. The molecule has 3 nitrogen and oxygen atoms in total. The van der Waals surface area contributed by atoms with Crippen LogP contribution in [0.1, 0.15) is 24.3 Å². The molecule has 1 unspecified atom stereocenters. The lowest BCUT2D eigenvalue weighted by Crippen LogP contribution is -2.14. The van der Waals surface area contributed by atoms with Gasteiger partial charge in [-0.15, -0.1) is 11.8 Å². The lowest BCUT2D eigenvalue weighted by atomic mass is 9.94. The summed E-state index contributed by atoms with van der Waals surface area (Å²) < 4.78 is 22.0. The van der Waals surface area contributed by atoms with Gasteiger partial charge in [-0.05, 0) is 18.1 Å². The lowest BCUT2D eigenvalue weighted by molar-refractivity contribution is -0.120. The number of ketones is 1. The molecule has 0 aliphatic carbocycles. The Balaban J connectivity index is 1.96. The van der Waals surface area contributed by atoms with Crippen molar-refractivity contribution in [1.82, 2.24) is 0 Å². The van der Waals surface area contributed by atoms with Crippen LogP contribution in [0.5, 0.6) is 0 Å². The average molecular weight is 284 g/mol. The molecule has 0 radical (unpaired) electrons. The number of benzene rings is 1. The molecule has 98 valence electrons. The fraction of sp³-hybridized carbons (Fsp3) is 0.462. The summed E-state index contributed by atoms with van der Waals surface area (Å²) in [6.45, 7) is 0. The van der Waals surface area contributed by atoms with E-state index >= 15 is 0 Å². The number of thioether (sulfide) groups is 1. The van der Waals surface area contributed by atoms with Gasteiger partial charge < -0.3 is 0 Å². The molecule has 1 heterocycles. The SMILES string of the molecule is CS(=O)(=O)CCCC(=O)C1CSc2ccccc21. The van der Waals surface area contributed by atoms with E-state index in [4.69, 9.17) is 0 Å². The van der Waals surface area contributed by atoms with E-state index < -0.39 is 9.84 Å². The molecular formula is C13H16O3S2. The van der Waals surface area contributed by atoms with Gasteiger partial charge in [-0.25, -0.2) is 8.42 Å². The van der Waals surface area contributed by atoms with Crippen molar-refractivity contribution in [3.63, 3.8) is 0 Å². The van der Waals surface area contributed by atoms with E-state index in [2.05, 4.69) is 0 Å². The summed E-state index contributed by atoms with van der Waals surface area (Å²) in [5.41, 5.74) is 1.10. The second-order valence-electron chi connectivity index (χ2n) is 4.60. The predicted molar refractivity (Wildman–Crippen MR) is 73.9 cm³/mol. The predicted octanol–water partition coefficient (Wildman–Crippen LogP) is 2.27. The van der Waals surface area contributed by atoms with E-state index in [0.29, 0.717) is 12.8 Å². The van der Waals surface area contributed by atoms with E-state index in [-0.39, 0.29) is 17.5 Å². The van der Waals surface area contributed by atoms with E-state index in [9.17, 15) is 13.2 Å². The number of carbonyl (C=O) groups is 1. The van der Waals surface area contributed by atoms with Crippen molar-refractivity contribution in [2.75, 3.05) is 17.8 Å². The van der Waals surface area contributed by atoms with Crippen molar-refractivity contribution in [1.29, 1.82) is 0 Å². The van der Waals surface area contributed by atoms with Gasteiger partial charge in [0.05, 0.1) is 11.7 Å². The molecule has 0 bridgehead atoms. The molecule has 1 aromatic rings. The van der Waals surface area contributed by atoms with E-state index in [1.807, 2.05) is 24.3 Å². The maximum atomic E-state index is 12.1.